The summed E-state index contributed by atoms with van der Waals surface area (Å²) in [4.78, 5) is 8.38. The molecule has 0 aliphatic rings. The molecule has 1 rings (SSSR count). The van der Waals surface area contributed by atoms with Crippen molar-refractivity contribution < 1.29 is 0 Å². The summed E-state index contributed by atoms with van der Waals surface area (Å²) in [6.07, 6.45) is 2.27. The molecule has 0 saturated carbocycles. The minimum Gasteiger partial charge on any atom is -0.225 e. The van der Waals surface area contributed by atoms with Crippen molar-refractivity contribution >= 4 is 11.7 Å². The summed E-state index contributed by atoms with van der Waals surface area (Å²) in [6.45, 7) is 7.09. The lowest BCUT2D eigenvalue weighted by molar-refractivity contribution is 0.810. The number of aliphatic imine (C=N–C) groups is 2. The first-order chi connectivity index (χ1) is 7.25. The monoisotopic (exact) mass is 202 g/mol. The molecule has 0 bridgehead atoms. The maximum atomic E-state index is 4.26. The van der Waals surface area contributed by atoms with E-state index in [2.05, 4.69) is 48.9 Å². The summed E-state index contributed by atoms with van der Waals surface area (Å²) in [7, 11) is 0. The van der Waals surface area contributed by atoms with Crippen molar-refractivity contribution in [3.05, 3.63) is 29.3 Å². The minimum absolute atomic E-state index is 0.824. The molecule has 0 radical (unpaired) electrons. The van der Waals surface area contributed by atoms with E-state index >= 15 is 0 Å². The van der Waals surface area contributed by atoms with Crippen LogP contribution >= 0.6 is 0 Å². The number of rotatable bonds is 4. The van der Waals surface area contributed by atoms with Crippen LogP contribution in [0.1, 0.15) is 30.9 Å². The first-order valence-corrected chi connectivity index (χ1v) is 5.44. The van der Waals surface area contributed by atoms with Crippen LogP contribution in [0.15, 0.2) is 28.2 Å². The second kappa shape index (κ2) is 6.15. The summed E-state index contributed by atoms with van der Waals surface area (Å²) in [5.74, 6) is 0. The quantitative estimate of drug-likeness (QED) is 0.522. The van der Waals surface area contributed by atoms with Crippen LogP contribution in [0.25, 0.3) is 0 Å². The number of benzene rings is 1. The first-order valence-electron chi connectivity index (χ1n) is 5.44. The van der Waals surface area contributed by atoms with Gasteiger partial charge in [-0.1, -0.05) is 31.5 Å². The molecule has 80 valence electrons. The van der Waals surface area contributed by atoms with E-state index in [9.17, 15) is 0 Å². The lowest BCUT2D eigenvalue weighted by Gasteiger charge is -2.00. The minimum atomic E-state index is 0.824. The maximum Gasteiger partial charge on any atom is 0.0949 e. The Morgan fingerprint density at radius 1 is 1.20 bits per heavy atom. The van der Waals surface area contributed by atoms with Gasteiger partial charge in [-0.3, -0.25) is 0 Å². The fourth-order valence-corrected chi connectivity index (χ4v) is 1.35. The molecule has 1 aromatic carbocycles. The topological polar surface area (TPSA) is 24.7 Å². The third-order valence-corrected chi connectivity index (χ3v) is 2.30. The molecule has 2 nitrogen and oxygen atoms in total. The van der Waals surface area contributed by atoms with Crippen LogP contribution in [0, 0.1) is 13.8 Å². The van der Waals surface area contributed by atoms with E-state index in [1.807, 2.05) is 6.07 Å². The van der Waals surface area contributed by atoms with E-state index in [4.69, 9.17) is 0 Å². The summed E-state index contributed by atoms with van der Waals surface area (Å²) >= 11 is 0. The van der Waals surface area contributed by atoms with E-state index in [1.165, 1.54) is 11.1 Å². The second-order valence-corrected chi connectivity index (χ2v) is 3.69. The lowest BCUT2D eigenvalue weighted by atomic mass is 10.1. The number of unbranched alkanes of at least 4 members (excludes halogenated alkanes) is 1. The van der Waals surface area contributed by atoms with Crippen LogP contribution in [-0.4, -0.2) is 12.6 Å². The van der Waals surface area contributed by atoms with Gasteiger partial charge in [0.1, 0.15) is 0 Å². The number of hydrogen-bond donors (Lipinski definition) is 0. The Bertz CT molecular complexity index is 354. The van der Waals surface area contributed by atoms with E-state index in [-0.39, 0.29) is 0 Å². The fourth-order valence-electron chi connectivity index (χ4n) is 1.35. The average Bonchev–Trinajstić information content (AvgIpc) is 2.21. The highest BCUT2D eigenvalue weighted by atomic mass is 14.8. The highest BCUT2D eigenvalue weighted by molar-refractivity contribution is 5.59. The van der Waals surface area contributed by atoms with Crippen LogP contribution in [-0.2, 0) is 0 Å². The van der Waals surface area contributed by atoms with Crippen molar-refractivity contribution in [1.82, 2.24) is 0 Å². The van der Waals surface area contributed by atoms with Crippen molar-refractivity contribution in [2.75, 3.05) is 6.54 Å². The van der Waals surface area contributed by atoms with Gasteiger partial charge in [-0.15, -0.1) is 0 Å². The van der Waals surface area contributed by atoms with Gasteiger partial charge in [0.15, 0.2) is 0 Å². The van der Waals surface area contributed by atoms with Crippen LogP contribution in [0.3, 0.4) is 0 Å². The molecule has 0 heterocycles. The van der Waals surface area contributed by atoms with Gasteiger partial charge < -0.3 is 0 Å². The van der Waals surface area contributed by atoms with Gasteiger partial charge in [-0.05, 0) is 31.4 Å². The molecule has 0 aliphatic heterocycles. The Kier molecular flexibility index (Phi) is 4.79. The Morgan fingerprint density at radius 2 is 1.87 bits per heavy atom. The van der Waals surface area contributed by atoms with Gasteiger partial charge in [0, 0.05) is 6.54 Å². The number of nitrogens with zero attached hydrogens (tertiary/aromatic N) is 2. The molecule has 15 heavy (non-hydrogen) atoms. The zero-order valence-corrected chi connectivity index (χ0v) is 9.75. The van der Waals surface area contributed by atoms with Gasteiger partial charge in [-0.25, -0.2) is 4.99 Å². The SMILES string of the molecule is CCCCN=C=Nc1c(C)cccc1C. The molecule has 0 unspecified atom stereocenters. The molecule has 0 atom stereocenters. The Morgan fingerprint density at radius 3 is 2.47 bits per heavy atom. The normalized spacial score (nSPS) is 9.53. The Balaban J connectivity index is 2.75. The summed E-state index contributed by atoms with van der Waals surface area (Å²) in [5.41, 5.74) is 3.35. The van der Waals surface area contributed by atoms with Gasteiger partial charge in [0.25, 0.3) is 0 Å². The third kappa shape index (κ3) is 3.69. The third-order valence-electron chi connectivity index (χ3n) is 2.30. The highest BCUT2D eigenvalue weighted by Crippen LogP contribution is 2.21. The molecule has 0 aliphatic carbocycles. The molecule has 0 fully saturated rings. The molecule has 0 spiro atoms. The summed E-state index contributed by atoms with van der Waals surface area (Å²) in [5, 5.41) is 0. The summed E-state index contributed by atoms with van der Waals surface area (Å²) < 4.78 is 0. The lowest BCUT2D eigenvalue weighted by Crippen LogP contribution is -1.79. The predicted octanol–water partition coefficient (Wildman–Crippen LogP) is 3.91. The van der Waals surface area contributed by atoms with E-state index in [0.29, 0.717) is 0 Å². The van der Waals surface area contributed by atoms with Crippen molar-refractivity contribution in [2.45, 2.75) is 33.6 Å². The molecule has 0 saturated heterocycles. The van der Waals surface area contributed by atoms with E-state index in [0.717, 1.165) is 25.1 Å². The Labute approximate surface area is 91.8 Å². The maximum absolute atomic E-state index is 4.26. The predicted molar refractivity (Wildman–Crippen MR) is 65.2 cm³/mol. The molecule has 0 amide bonds. The molecule has 0 N–H and O–H groups in total. The summed E-state index contributed by atoms with van der Waals surface area (Å²) in [6, 6.07) is 8.92. The van der Waals surface area contributed by atoms with Gasteiger partial charge in [0.05, 0.1) is 11.7 Å². The van der Waals surface area contributed by atoms with Crippen molar-refractivity contribution in [1.29, 1.82) is 0 Å². The second-order valence-electron chi connectivity index (χ2n) is 3.69. The molecular weight excluding hydrogens is 184 g/mol. The largest absolute Gasteiger partial charge is 0.225 e. The number of aryl methyl sites for hydroxylation is 2. The first kappa shape index (κ1) is 11.7. The van der Waals surface area contributed by atoms with Crippen LogP contribution < -0.4 is 0 Å². The Hall–Kier alpha value is -1.40. The van der Waals surface area contributed by atoms with Gasteiger partial charge in [-0.2, -0.15) is 4.99 Å². The van der Waals surface area contributed by atoms with Crippen LogP contribution in [0.5, 0.6) is 0 Å². The molecule has 0 aromatic heterocycles. The number of para-hydroxylation sites is 1. The standard InChI is InChI=1S/C13H18N2/c1-4-5-9-14-10-15-13-11(2)7-6-8-12(13)3/h6-8H,4-5,9H2,1-3H3. The molecule has 2 heteroatoms. The van der Waals surface area contributed by atoms with E-state index < -0.39 is 0 Å². The van der Waals surface area contributed by atoms with Crippen molar-refractivity contribution in [2.24, 2.45) is 9.98 Å². The van der Waals surface area contributed by atoms with Crippen molar-refractivity contribution in [3.8, 4) is 0 Å². The van der Waals surface area contributed by atoms with Crippen LogP contribution in [0.4, 0.5) is 5.69 Å². The smallest absolute Gasteiger partial charge is 0.0949 e. The zero-order chi connectivity index (χ0) is 11.1. The number of hydrogen-bond acceptors (Lipinski definition) is 2. The van der Waals surface area contributed by atoms with Crippen molar-refractivity contribution in [3.63, 3.8) is 0 Å². The van der Waals surface area contributed by atoms with Gasteiger partial charge in [0.2, 0.25) is 0 Å². The average molecular weight is 202 g/mol. The highest BCUT2D eigenvalue weighted by Gasteiger charge is 1.97. The molecule has 1 aromatic rings. The zero-order valence-electron chi connectivity index (χ0n) is 9.75. The van der Waals surface area contributed by atoms with Gasteiger partial charge >= 0.3 is 0 Å². The van der Waals surface area contributed by atoms with Crippen LogP contribution in [0.2, 0.25) is 0 Å². The fraction of sp³-hybridized carbons (Fsp3) is 0.462. The molecular formula is C13H18N2. The van der Waals surface area contributed by atoms with E-state index in [1.54, 1.807) is 0 Å².